The van der Waals surface area contributed by atoms with Gasteiger partial charge in [-0.3, -0.25) is 0 Å². The molecule has 0 radical (unpaired) electrons. The van der Waals surface area contributed by atoms with Gasteiger partial charge < -0.3 is 29.1 Å². The van der Waals surface area contributed by atoms with E-state index in [1.807, 2.05) is 36.4 Å². The van der Waals surface area contributed by atoms with E-state index in [0.717, 1.165) is 90.9 Å². The minimum absolute atomic E-state index is 0.823. The Kier molecular flexibility index (Phi) is 16.5. The van der Waals surface area contributed by atoms with Gasteiger partial charge in [0.2, 0.25) is 0 Å². The third-order valence-electron chi connectivity index (χ3n) is 15.9. The average Bonchev–Trinajstić information content (AvgIpc) is 1.73. The molecule has 14 aromatic carbocycles. The topological polar surface area (TPSA) is 31.4 Å². The molecular formula is C82H64N4O2. The van der Waals surface area contributed by atoms with Crippen molar-refractivity contribution >= 4 is 89.8 Å². The predicted molar refractivity (Wildman–Crippen MR) is 371 cm³/mol. The fourth-order valence-corrected chi connectivity index (χ4v) is 11.6. The first-order valence-corrected chi connectivity index (χ1v) is 29.6. The lowest BCUT2D eigenvalue weighted by Crippen LogP contribution is -2.10. The summed E-state index contributed by atoms with van der Waals surface area (Å²) in [4.78, 5) is 9.16. The highest BCUT2D eigenvalue weighted by atomic mass is 16.5. The van der Waals surface area contributed by atoms with E-state index >= 15 is 0 Å². The second kappa shape index (κ2) is 26.1. The van der Waals surface area contributed by atoms with E-state index in [-0.39, 0.29) is 0 Å². The Balaban J connectivity index is 0.000000163. The van der Waals surface area contributed by atoms with Gasteiger partial charge in [-0.2, -0.15) is 0 Å². The zero-order valence-electron chi connectivity index (χ0n) is 49.1. The summed E-state index contributed by atoms with van der Waals surface area (Å²) in [5, 5.41) is 4.90. The van der Waals surface area contributed by atoms with E-state index in [1.165, 1.54) is 32.7 Å². The van der Waals surface area contributed by atoms with E-state index in [9.17, 15) is 0 Å². The highest BCUT2D eigenvalue weighted by molar-refractivity contribution is 6.00. The van der Waals surface area contributed by atoms with Crippen LogP contribution in [0.2, 0.25) is 0 Å². The van der Waals surface area contributed by atoms with Gasteiger partial charge in [0.15, 0.2) is 0 Å². The monoisotopic (exact) mass is 1140 g/mol. The normalized spacial score (nSPS) is 10.8. The molecule has 0 unspecified atom stereocenters. The van der Waals surface area contributed by atoms with E-state index in [2.05, 4.69) is 335 Å². The SMILES string of the molecule is COc1cccc(N(c2ccccc2)c2ccc(-c3ccc(N(c4ccccc4)c4cccc(OC)c4)cc3)cc2)c1.c1ccc(N(c2ccc(-c3ccc(N(c4ccccc4)c4cccc5ccccc45)cc3)cc2)c2cccc3ccccc23)cc1. The molecule has 14 aromatic rings. The van der Waals surface area contributed by atoms with Crippen LogP contribution in [-0.2, 0) is 0 Å². The van der Waals surface area contributed by atoms with Crippen molar-refractivity contribution in [2.24, 2.45) is 0 Å². The zero-order chi connectivity index (χ0) is 59.4. The van der Waals surface area contributed by atoms with Gasteiger partial charge in [-0.1, -0.05) is 206 Å². The predicted octanol–water partition coefficient (Wildman–Crippen LogP) is 22.9. The first-order valence-electron chi connectivity index (χ1n) is 29.6. The Hall–Kier alpha value is -11.6. The molecule has 424 valence electrons. The molecule has 6 heteroatoms. The van der Waals surface area contributed by atoms with Gasteiger partial charge in [-0.25, -0.2) is 0 Å². The van der Waals surface area contributed by atoms with Crippen LogP contribution in [0.3, 0.4) is 0 Å². The standard InChI is InChI=1S/C44H32N2.C38H32N2O2/c1-3-17-37(18-4-1)45(43-23-11-15-35-13-7-9-21-41(35)43)39-29-25-33(26-30-39)34-27-31-40(32-28-34)46(38-19-5-2-6-20-38)44-24-12-16-36-14-8-10-22-42(36)44;1-41-37-17-9-15-35(27-37)39(31-11-5-3-6-12-31)33-23-19-29(20-24-33)30-21-25-34(26-22-30)40(32-13-7-4-8-14-32)36-16-10-18-38(28-36)42-2/h1-32H;3-28H,1-2H3. The first kappa shape index (κ1) is 55.6. The highest BCUT2D eigenvalue weighted by Gasteiger charge is 2.19. The molecule has 0 aliphatic rings. The van der Waals surface area contributed by atoms with Gasteiger partial charge in [0, 0.05) is 79.8 Å². The van der Waals surface area contributed by atoms with Crippen molar-refractivity contribution in [2.45, 2.75) is 0 Å². The minimum atomic E-state index is 0.823. The summed E-state index contributed by atoms with van der Waals surface area (Å²) < 4.78 is 11.0. The Morgan fingerprint density at radius 3 is 0.750 bits per heavy atom. The number of hydrogen-bond acceptors (Lipinski definition) is 6. The summed E-state index contributed by atoms with van der Waals surface area (Å²) >= 11 is 0. The van der Waals surface area contributed by atoms with Crippen molar-refractivity contribution in [3.63, 3.8) is 0 Å². The molecular weight excluding hydrogens is 1070 g/mol. The van der Waals surface area contributed by atoms with Gasteiger partial charge in [0.1, 0.15) is 11.5 Å². The lowest BCUT2D eigenvalue weighted by molar-refractivity contribution is 0.415. The fourth-order valence-electron chi connectivity index (χ4n) is 11.6. The van der Waals surface area contributed by atoms with Crippen molar-refractivity contribution in [2.75, 3.05) is 33.8 Å². The quantitative estimate of drug-likeness (QED) is 0.0958. The van der Waals surface area contributed by atoms with Crippen LogP contribution in [0.15, 0.2) is 352 Å². The third kappa shape index (κ3) is 12.0. The molecule has 0 bridgehead atoms. The van der Waals surface area contributed by atoms with E-state index in [0.29, 0.717) is 0 Å². The molecule has 0 spiro atoms. The van der Waals surface area contributed by atoms with Gasteiger partial charge in [-0.05, 0) is 166 Å². The van der Waals surface area contributed by atoms with Crippen LogP contribution < -0.4 is 29.1 Å². The number of methoxy groups -OCH3 is 2. The molecule has 0 saturated carbocycles. The second-order valence-corrected chi connectivity index (χ2v) is 21.3. The average molecular weight is 1140 g/mol. The van der Waals surface area contributed by atoms with Crippen molar-refractivity contribution in [3.05, 3.63) is 352 Å². The number of benzene rings is 14. The van der Waals surface area contributed by atoms with Gasteiger partial charge in [0.25, 0.3) is 0 Å². The van der Waals surface area contributed by atoms with Crippen LogP contribution in [0.1, 0.15) is 0 Å². The van der Waals surface area contributed by atoms with Gasteiger partial charge in [-0.15, -0.1) is 0 Å². The number of hydrogen-bond donors (Lipinski definition) is 0. The van der Waals surface area contributed by atoms with Crippen LogP contribution in [0.5, 0.6) is 11.5 Å². The summed E-state index contributed by atoms with van der Waals surface area (Å²) in [6.45, 7) is 0. The number of para-hydroxylation sites is 4. The molecule has 0 aromatic heterocycles. The number of fused-ring (bicyclic) bond motifs is 2. The minimum Gasteiger partial charge on any atom is -0.497 e. The summed E-state index contributed by atoms with van der Waals surface area (Å²) in [6.07, 6.45) is 0. The van der Waals surface area contributed by atoms with Crippen LogP contribution in [0.4, 0.5) is 68.2 Å². The van der Waals surface area contributed by atoms with Crippen LogP contribution >= 0.6 is 0 Å². The number of ether oxygens (including phenoxy) is 2. The van der Waals surface area contributed by atoms with Gasteiger partial charge >= 0.3 is 0 Å². The Morgan fingerprint density at radius 1 is 0.193 bits per heavy atom. The number of rotatable bonds is 16. The van der Waals surface area contributed by atoms with Crippen molar-refractivity contribution in [1.82, 2.24) is 0 Å². The summed E-state index contributed by atoms with van der Waals surface area (Å²) in [7, 11) is 3.39. The molecule has 0 aliphatic heterocycles. The number of anilines is 12. The van der Waals surface area contributed by atoms with Crippen LogP contribution in [-0.4, -0.2) is 14.2 Å². The van der Waals surface area contributed by atoms with Crippen molar-refractivity contribution in [3.8, 4) is 33.8 Å². The molecule has 14 rings (SSSR count). The molecule has 0 atom stereocenters. The Morgan fingerprint density at radius 2 is 0.432 bits per heavy atom. The van der Waals surface area contributed by atoms with E-state index in [1.54, 1.807) is 14.2 Å². The molecule has 0 fully saturated rings. The third-order valence-corrected chi connectivity index (χ3v) is 15.9. The summed E-state index contributed by atoms with van der Waals surface area (Å²) in [5.41, 5.74) is 17.9. The van der Waals surface area contributed by atoms with E-state index < -0.39 is 0 Å². The molecule has 0 heterocycles. The maximum absolute atomic E-state index is 5.51. The molecule has 0 N–H and O–H groups in total. The highest BCUT2D eigenvalue weighted by Crippen LogP contribution is 2.43. The lowest BCUT2D eigenvalue weighted by Gasteiger charge is -2.27. The second-order valence-electron chi connectivity index (χ2n) is 21.3. The molecule has 0 amide bonds. The largest absolute Gasteiger partial charge is 0.497 e. The smallest absolute Gasteiger partial charge is 0.120 e. The molecule has 88 heavy (non-hydrogen) atoms. The number of nitrogens with zero attached hydrogens (tertiary/aromatic N) is 4. The van der Waals surface area contributed by atoms with Crippen molar-refractivity contribution in [1.29, 1.82) is 0 Å². The molecule has 0 aliphatic carbocycles. The van der Waals surface area contributed by atoms with Crippen LogP contribution in [0.25, 0.3) is 43.8 Å². The maximum atomic E-state index is 5.51. The fraction of sp³-hybridized carbons (Fsp3) is 0.0244. The van der Waals surface area contributed by atoms with Crippen molar-refractivity contribution < 1.29 is 9.47 Å². The first-order chi connectivity index (χ1) is 43.6. The summed E-state index contributed by atoms with van der Waals surface area (Å²) in [6, 6.07) is 124. The Labute approximate surface area is 515 Å². The maximum Gasteiger partial charge on any atom is 0.120 e. The van der Waals surface area contributed by atoms with Gasteiger partial charge in [0.05, 0.1) is 25.6 Å². The zero-order valence-corrected chi connectivity index (χ0v) is 49.1. The molecule has 6 nitrogen and oxygen atoms in total. The summed E-state index contributed by atoms with van der Waals surface area (Å²) in [5.74, 6) is 1.65. The molecule has 0 saturated heterocycles. The van der Waals surface area contributed by atoms with Crippen LogP contribution in [0, 0.1) is 0 Å². The Bertz CT molecular complexity index is 4260. The lowest BCUT2D eigenvalue weighted by atomic mass is 10.0. The van der Waals surface area contributed by atoms with E-state index in [4.69, 9.17) is 9.47 Å².